The zero-order valence-corrected chi connectivity index (χ0v) is 20.2. The first-order valence-electron chi connectivity index (χ1n) is 11.2. The zero-order chi connectivity index (χ0) is 25.6. The first-order valence-corrected chi connectivity index (χ1v) is 11.2. The van der Waals surface area contributed by atoms with E-state index >= 15 is 0 Å². The number of Topliss-reactive ketones (excluding diaryl/α,β-unsaturated/α-hetero) is 3. The molecule has 0 saturated heterocycles. The normalized spacial score (nSPS) is 14.0. The Morgan fingerprint density at radius 2 is 1.53 bits per heavy atom. The summed E-state index contributed by atoms with van der Waals surface area (Å²) in [6.45, 7) is 8.90. The smallest absolute Gasteiger partial charge is 0.360 e. The number of pyridine rings is 1. The van der Waals surface area contributed by atoms with Crippen LogP contribution in [0.1, 0.15) is 90.7 Å². The molecular formula is C24H33N5O5. The molecule has 10 heteroatoms. The van der Waals surface area contributed by atoms with Crippen LogP contribution in [0.3, 0.4) is 0 Å². The fourth-order valence-corrected chi connectivity index (χ4v) is 3.49. The molecule has 0 aliphatic heterocycles. The molecule has 0 spiro atoms. The second kappa shape index (κ2) is 11.8. The van der Waals surface area contributed by atoms with E-state index in [1.165, 1.54) is 31.5 Å². The largest absolute Gasteiger partial charge is 0.445 e. The highest BCUT2D eigenvalue weighted by molar-refractivity contribution is 6.06. The summed E-state index contributed by atoms with van der Waals surface area (Å²) in [5.74, 6) is -2.50. The summed E-state index contributed by atoms with van der Waals surface area (Å²) in [6.07, 6.45) is 2.38. The molecular weight excluding hydrogens is 438 g/mol. The molecule has 3 atom stereocenters. The number of aromatic nitrogens is 3. The van der Waals surface area contributed by atoms with Crippen molar-refractivity contribution in [1.29, 1.82) is 0 Å². The van der Waals surface area contributed by atoms with Crippen LogP contribution in [0.2, 0.25) is 0 Å². The minimum atomic E-state index is -1.33. The van der Waals surface area contributed by atoms with Gasteiger partial charge in [0.15, 0.2) is 29.2 Å². The Morgan fingerprint density at radius 3 is 2.06 bits per heavy atom. The summed E-state index contributed by atoms with van der Waals surface area (Å²) in [7, 11) is 0. The first-order chi connectivity index (χ1) is 15.9. The highest BCUT2D eigenvalue weighted by Gasteiger charge is 2.33. The lowest BCUT2D eigenvalue weighted by Crippen LogP contribution is -2.37. The van der Waals surface area contributed by atoms with Crippen LogP contribution in [0, 0.1) is 11.8 Å². The maximum absolute atomic E-state index is 13.1. The molecule has 0 aliphatic rings. The monoisotopic (exact) mass is 471 g/mol. The average molecular weight is 472 g/mol. The molecule has 0 radical (unpaired) electrons. The van der Waals surface area contributed by atoms with E-state index in [4.69, 9.17) is 16.2 Å². The van der Waals surface area contributed by atoms with Gasteiger partial charge < -0.3 is 21.2 Å². The van der Waals surface area contributed by atoms with Crippen LogP contribution in [0.4, 0.5) is 0 Å². The minimum absolute atomic E-state index is 0.145. The van der Waals surface area contributed by atoms with Crippen LogP contribution in [0.5, 0.6) is 0 Å². The molecule has 1 unspecified atom stereocenters. The van der Waals surface area contributed by atoms with Crippen molar-refractivity contribution in [1.82, 2.24) is 15.0 Å². The molecule has 0 saturated carbocycles. The number of nitrogens with one attached hydrogen (secondary N) is 1. The van der Waals surface area contributed by atoms with Crippen molar-refractivity contribution in [2.24, 2.45) is 23.3 Å². The van der Waals surface area contributed by atoms with E-state index in [2.05, 4.69) is 15.0 Å². The predicted molar refractivity (Wildman–Crippen MR) is 125 cm³/mol. The van der Waals surface area contributed by atoms with Crippen molar-refractivity contribution < 1.29 is 23.9 Å². The number of nitrogens with two attached hydrogens (primary N) is 2. The number of nitrogens with zero attached hydrogens (tertiary/aromatic N) is 2. The number of imidazole rings is 1. The number of ether oxygens (including phenoxy) is 1. The second-order valence-corrected chi connectivity index (χ2v) is 9.17. The predicted octanol–water partition coefficient (Wildman–Crippen LogP) is 2.40. The van der Waals surface area contributed by atoms with E-state index < -0.39 is 47.2 Å². The van der Waals surface area contributed by atoms with Crippen molar-refractivity contribution in [3.05, 3.63) is 47.3 Å². The molecule has 2 heterocycles. The van der Waals surface area contributed by atoms with Crippen LogP contribution in [0.25, 0.3) is 0 Å². The molecule has 5 N–H and O–H groups in total. The lowest BCUT2D eigenvalue weighted by Gasteiger charge is -2.21. The number of aromatic amines is 1. The van der Waals surface area contributed by atoms with Gasteiger partial charge in [-0.2, -0.15) is 0 Å². The van der Waals surface area contributed by atoms with E-state index in [1.54, 1.807) is 0 Å². The third-order valence-electron chi connectivity index (χ3n) is 5.13. The van der Waals surface area contributed by atoms with Crippen molar-refractivity contribution in [2.75, 3.05) is 0 Å². The van der Waals surface area contributed by atoms with Gasteiger partial charge in [0.2, 0.25) is 5.78 Å². The number of ketones is 3. The summed E-state index contributed by atoms with van der Waals surface area (Å²) < 4.78 is 5.52. The zero-order valence-electron chi connectivity index (χ0n) is 20.2. The molecule has 34 heavy (non-hydrogen) atoms. The van der Waals surface area contributed by atoms with E-state index in [0.717, 1.165) is 0 Å². The first kappa shape index (κ1) is 27.0. The standard InChI is InChI=1S/C24H33N5O5/c1-12(2)10-16(25)20(31)22(15-6-8-27-9-7-15)34-24(33)19-18(14(5)30)28-23(29-19)21(32)17(26)11-13(3)4/h6-9,12-13,16-17,22H,10-11,25-26H2,1-5H3,(H,28,29)/t16-,17-,22?/m0/s1. The van der Waals surface area contributed by atoms with E-state index in [1.807, 2.05) is 27.7 Å². The molecule has 2 aromatic heterocycles. The second-order valence-electron chi connectivity index (χ2n) is 9.17. The van der Waals surface area contributed by atoms with Gasteiger partial charge in [0.05, 0.1) is 12.1 Å². The number of carbonyl (C=O) groups is 4. The van der Waals surface area contributed by atoms with Crippen molar-refractivity contribution >= 4 is 23.3 Å². The van der Waals surface area contributed by atoms with Crippen molar-refractivity contribution in [2.45, 2.75) is 65.6 Å². The summed E-state index contributed by atoms with van der Waals surface area (Å²) in [5, 5.41) is 0. The summed E-state index contributed by atoms with van der Waals surface area (Å²) >= 11 is 0. The Balaban J connectivity index is 2.39. The summed E-state index contributed by atoms with van der Waals surface area (Å²) in [6, 6.07) is 1.35. The molecule has 10 nitrogen and oxygen atoms in total. The number of esters is 1. The maximum atomic E-state index is 13.1. The SMILES string of the molecule is CC(=O)c1[nH]c(C(=O)[C@@H](N)CC(C)C)nc1C(=O)OC(C(=O)[C@@H](N)CC(C)C)c1ccncc1. The van der Waals surface area contributed by atoms with Gasteiger partial charge in [0, 0.05) is 24.9 Å². The Morgan fingerprint density at radius 1 is 0.971 bits per heavy atom. The van der Waals surface area contributed by atoms with Gasteiger partial charge in [-0.15, -0.1) is 0 Å². The summed E-state index contributed by atoms with van der Waals surface area (Å²) in [5.41, 5.74) is 11.8. The molecule has 0 aliphatic carbocycles. The highest BCUT2D eigenvalue weighted by Crippen LogP contribution is 2.24. The van der Waals surface area contributed by atoms with Crippen LogP contribution < -0.4 is 11.5 Å². The Labute approximate surface area is 198 Å². The van der Waals surface area contributed by atoms with Gasteiger partial charge in [-0.1, -0.05) is 27.7 Å². The number of hydrogen-bond acceptors (Lipinski definition) is 9. The molecule has 0 fully saturated rings. The fraction of sp³-hybridized carbons (Fsp3) is 0.500. The Kier molecular flexibility index (Phi) is 9.34. The van der Waals surface area contributed by atoms with E-state index in [9.17, 15) is 19.2 Å². The molecule has 2 rings (SSSR count). The topological polar surface area (TPSA) is 171 Å². The number of rotatable bonds is 12. The van der Waals surface area contributed by atoms with Crippen molar-refractivity contribution in [3.63, 3.8) is 0 Å². The number of hydrogen-bond donors (Lipinski definition) is 3. The molecule has 0 bridgehead atoms. The van der Waals surface area contributed by atoms with Gasteiger partial charge in [0.25, 0.3) is 0 Å². The average Bonchev–Trinajstić information content (AvgIpc) is 3.22. The Hall–Kier alpha value is -3.24. The summed E-state index contributed by atoms with van der Waals surface area (Å²) in [4.78, 5) is 61.5. The van der Waals surface area contributed by atoms with Crippen LogP contribution in [-0.4, -0.2) is 50.4 Å². The van der Waals surface area contributed by atoms with E-state index in [0.29, 0.717) is 18.4 Å². The number of H-pyrrole nitrogens is 1. The molecule has 184 valence electrons. The van der Waals surface area contributed by atoms with Gasteiger partial charge in [-0.05, 0) is 36.8 Å². The van der Waals surface area contributed by atoms with Gasteiger partial charge in [0.1, 0.15) is 5.69 Å². The van der Waals surface area contributed by atoms with Crippen LogP contribution in [0.15, 0.2) is 24.5 Å². The third kappa shape index (κ3) is 6.88. The lowest BCUT2D eigenvalue weighted by atomic mass is 9.95. The lowest BCUT2D eigenvalue weighted by molar-refractivity contribution is -0.129. The molecule has 0 aromatic carbocycles. The van der Waals surface area contributed by atoms with Gasteiger partial charge in [-0.3, -0.25) is 19.4 Å². The van der Waals surface area contributed by atoms with Gasteiger partial charge in [-0.25, -0.2) is 9.78 Å². The quantitative estimate of drug-likeness (QED) is 0.310. The molecule has 2 aromatic rings. The third-order valence-corrected chi connectivity index (χ3v) is 5.13. The molecule has 0 amide bonds. The highest BCUT2D eigenvalue weighted by atomic mass is 16.5. The number of carbonyl (C=O) groups excluding carboxylic acids is 4. The van der Waals surface area contributed by atoms with Crippen LogP contribution in [-0.2, 0) is 9.53 Å². The fourth-order valence-electron chi connectivity index (χ4n) is 3.49. The van der Waals surface area contributed by atoms with E-state index in [-0.39, 0.29) is 23.4 Å². The minimum Gasteiger partial charge on any atom is -0.445 e. The maximum Gasteiger partial charge on any atom is 0.360 e. The van der Waals surface area contributed by atoms with Gasteiger partial charge >= 0.3 is 5.97 Å². The Bertz CT molecular complexity index is 1030. The van der Waals surface area contributed by atoms with Crippen LogP contribution >= 0.6 is 0 Å². The van der Waals surface area contributed by atoms with Crippen molar-refractivity contribution in [3.8, 4) is 0 Å².